The fourth-order valence-corrected chi connectivity index (χ4v) is 7.24. The van der Waals surface area contributed by atoms with Gasteiger partial charge in [-0.2, -0.15) is 0 Å². The molecule has 4 aromatic heterocycles. The van der Waals surface area contributed by atoms with Crippen molar-refractivity contribution >= 4 is 40.1 Å². The molecule has 0 saturated carbocycles. The van der Waals surface area contributed by atoms with E-state index in [9.17, 15) is 4.79 Å². The van der Waals surface area contributed by atoms with Gasteiger partial charge in [-0.1, -0.05) is 60.4 Å². The van der Waals surface area contributed by atoms with Crippen LogP contribution in [0.3, 0.4) is 0 Å². The molecular formula is C49H52N12O5. The van der Waals surface area contributed by atoms with E-state index < -0.39 is 5.60 Å². The number of fused-ring (bicyclic) bond motifs is 2. The van der Waals surface area contributed by atoms with Crippen LogP contribution in [0.15, 0.2) is 97.6 Å². The molecule has 2 atom stereocenters. The third kappa shape index (κ3) is 12.0. The number of aromatic nitrogens is 8. The number of carbonyl (C=O) groups is 1. The average molecular weight is 889 g/mol. The molecule has 2 aliphatic rings. The van der Waals surface area contributed by atoms with Gasteiger partial charge < -0.3 is 44.8 Å². The van der Waals surface area contributed by atoms with Gasteiger partial charge in [-0.15, -0.1) is 0 Å². The number of H-pyrrole nitrogens is 1. The first-order valence-electron chi connectivity index (χ1n) is 21.8. The zero-order valence-corrected chi connectivity index (χ0v) is 37.4. The quantitative estimate of drug-likeness (QED) is 0.106. The second-order valence-electron chi connectivity index (χ2n) is 16.5. The lowest BCUT2D eigenvalue weighted by molar-refractivity contribution is 0.0293. The first-order chi connectivity index (χ1) is 32.2. The van der Waals surface area contributed by atoms with Crippen LogP contribution in [0.25, 0.3) is 22.3 Å². The van der Waals surface area contributed by atoms with E-state index in [1.54, 1.807) is 12.0 Å². The van der Waals surface area contributed by atoms with E-state index in [1.807, 2.05) is 110 Å². The number of rotatable bonds is 11. The Morgan fingerprint density at radius 1 is 0.788 bits per heavy atom. The van der Waals surface area contributed by atoms with E-state index in [0.29, 0.717) is 66.6 Å². The van der Waals surface area contributed by atoms with Crippen LogP contribution in [0.5, 0.6) is 17.2 Å². The Balaban J connectivity index is 0.000000201. The third-order valence-electron chi connectivity index (χ3n) is 10.4. The number of imidazole rings is 2. The van der Waals surface area contributed by atoms with Crippen LogP contribution in [-0.4, -0.2) is 115 Å². The zero-order valence-electron chi connectivity index (χ0n) is 37.4. The minimum atomic E-state index is -0.540. The topological polar surface area (TPSA) is 191 Å². The molecule has 2 saturated heterocycles. The van der Waals surface area contributed by atoms with Gasteiger partial charge in [0.2, 0.25) is 0 Å². The first kappa shape index (κ1) is 44.7. The third-order valence-corrected chi connectivity index (χ3v) is 10.4. The fourth-order valence-electron chi connectivity index (χ4n) is 7.24. The van der Waals surface area contributed by atoms with Crippen molar-refractivity contribution in [3.05, 3.63) is 115 Å². The van der Waals surface area contributed by atoms with Crippen LogP contribution < -0.4 is 30.2 Å². The molecule has 7 aromatic rings. The lowest BCUT2D eigenvalue weighted by Crippen LogP contribution is -2.36. The summed E-state index contributed by atoms with van der Waals surface area (Å²) < 4.78 is 24.1. The standard InChI is InChI=1S/C31H34N6O4.C18H18N6O/c1-31(2,3)41-30(38)36-17-16-23(20-36)34-28-27-29(33-21-32-28)37(19-22-12-14-24(39-4)15-13-22)26(35-27)11-8-18-40-25-9-6-5-7-10-25;1-2-5-14(6-3-1)25-10-4-7-15-23-16-17(20-12-21-18(16)24-15)22-13-8-9-19-11-13/h5-7,9-10,12-15,21,23H,16-20H2,1-4H3,(H,32,33,34);1-3,5-6,12-13,19H,8-11H2,(H2,20,21,22,23,24). The normalized spacial score (nSPS) is 15.4. The Bertz CT molecular complexity index is 2840. The van der Waals surface area contributed by atoms with Crippen LogP contribution in [-0.2, 0) is 11.3 Å². The maximum Gasteiger partial charge on any atom is 0.410 e. The van der Waals surface area contributed by atoms with Crippen molar-refractivity contribution in [1.82, 2.24) is 49.7 Å². The molecule has 1 amide bonds. The lowest BCUT2D eigenvalue weighted by Gasteiger charge is -2.24. The largest absolute Gasteiger partial charge is 0.497 e. The molecule has 0 spiro atoms. The Kier molecular flexibility index (Phi) is 14.4. The summed E-state index contributed by atoms with van der Waals surface area (Å²) in [4.78, 5) is 44.3. The number of nitrogens with one attached hydrogen (secondary N) is 4. The van der Waals surface area contributed by atoms with Gasteiger partial charge in [0.15, 0.2) is 40.1 Å². The molecule has 2 fully saturated rings. The number of carbonyl (C=O) groups excluding carboxylic acids is 1. The number of ether oxygens (including phenoxy) is 4. The van der Waals surface area contributed by atoms with E-state index >= 15 is 0 Å². The highest BCUT2D eigenvalue weighted by Crippen LogP contribution is 2.25. The molecular weight excluding hydrogens is 837 g/mol. The monoisotopic (exact) mass is 888 g/mol. The lowest BCUT2D eigenvalue weighted by atomic mass is 10.2. The maximum atomic E-state index is 12.6. The van der Waals surface area contributed by atoms with Crippen LogP contribution in [0.2, 0.25) is 0 Å². The van der Waals surface area contributed by atoms with Crippen molar-refractivity contribution < 1.29 is 23.7 Å². The van der Waals surface area contributed by atoms with Gasteiger partial charge in [0, 0.05) is 31.7 Å². The van der Waals surface area contributed by atoms with Gasteiger partial charge in [-0.25, -0.2) is 34.7 Å². The summed E-state index contributed by atoms with van der Waals surface area (Å²) in [5.74, 6) is 17.0. The highest BCUT2D eigenvalue weighted by molar-refractivity contribution is 5.84. The van der Waals surface area contributed by atoms with Crippen molar-refractivity contribution in [2.45, 2.75) is 57.8 Å². The molecule has 2 unspecified atom stereocenters. The van der Waals surface area contributed by atoms with Crippen molar-refractivity contribution in [2.24, 2.45) is 0 Å². The molecule has 17 nitrogen and oxygen atoms in total. The highest BCUT2D eigenvalue weighted by Gasteiger charge is 2.31. The molecule has 0 radical (unpaired) electrons. The number of methoxy groups -OCH3 is 1. The molecule has 0 bridgehead atoms. The van der Waals surface area contributed by atoms with Gasteiger partial charge >= 0.3 is 6.09 Å². The maximum absolute atomic E-state index is 12.6. The van der Waals surface area contributed by atoms with E-state index in [1.165, 1.54) is 12.7 Å². The van der Waals surface area contributed by atoms with E-state index in [0.717, 1.165) is 60.1 Å². The number of anilines is 2. The number of nitrogens with zero attached hydrogens (tertiary/aromatic N) is 8. The fraction of sp³-hybridized carbons (Fsp3) is 0.327. The Morgan fingerprint density at radius 2 is 1.47 bits per heavy atom. The summed E-state index contributed by atoms with van der Waals surface area (Å²) in [7, 11) is 1.64. The Hall–Kier alpha value is -7.89. The van der Waals surface area contributed by atoms with Crippen molar-refractivity contribution in [2.75, 3.05) is 57.1 Å². The number of likely N-dealkylation sites (tertiary alicyclic amines) is 1. The molecule has 66 heavy (non-hydrogen) atoms. The van der Waals surface area contributed by atoms with Crippen LogP contribution in [0.4, 0.5) is 16.4 Å². The van der Waals surface area contributed by atoms with E-state index in [4.69, 9.17) is 23.9 Å². The zero-order chi connectivity index (χ0) is 45.7. The second kappa shape index (κ2) is 21.2. The summed E-state index contributed by atoms with van der Waals surface area (Å²) >= 11 is 0. The number of hydrogen-bond acceptors (Lipinski definition) is 14. The van der Waals surface area contributed by atoms with Crippen LogP contribution >= 0.6 is 0 Å². The van der Waals surface area contributed by atoms with Crippen molar-refractivity contribution in [1.29, 1.82) is 0 Å². The number of aromatic amines is 1. The van der Waals surface area contributed by atoms with Crippen molar-refractivity contribution in [3.8, 4) is 40.9 Å². The highest BCUT2D eigenvalue weighted by atomic mass is 16.6. The number of hydrogen-bond donors (Lipinski definition) is 4. The van der Waals surface area contributed by atoms with Gasteiger partial charge in [-0.05, 0) is 94.0 Å². The molecule has 9 rings (SSSR count). The summed E-state index contributed by atoms with van der Waals surface area (Å²) in [6.07, 6.45) is 4.56. The van der Waals surface area contributed by atoms with Gasteiger partial charge in [0.1, 0.15) is 54.2 Å². The van der Waals surface area contributed by atoms with Gasteiger partial charge in [-0.3, -0.25) is 4.57 Å². The molecule has 2 aliphatic heterocycles. The molecule has 17 heteroatoms. The number of para-hydroxylation sites is 2. The molecule has 3 aromatic carbocycles. The van der Waals surface area contributed by atoms with E-state index in [2.05, 4.69) is 69.5 Å². The minimum absolute atomic E-state index is 0.00108. The summed E-state index contributed by atoms with van der Waals surface area (Å²) in [6.45, 7) is 9.69. The summed E-state index contributed by atoms with van der Waals surface area (Å²) in [6, 6.07) is 27.4. The molecule has 338 valence electrons. The second-order valence-corrected chi connectivity index (χ2v) is 16.5. The molecule has 4 N–H and O–H groups in total. The van der Waals surface area contributed by atoms with E-state index in [-0.39, 0.29) is 18.7 Å². The SMILES string of the molecule is C(#Cc1nc2ncnc(NC3CCNC3)c2[nH]1)COc1ccccc1.COc1ccc(Cn2c(C#CCOc3ccccc3)nc3c(NC4CCN(C(=O)OC(C)(C)C)C4)ncnc32)cc1. The van der Waals surface area contributed by atoms with Gasteiger partial charge in [0.25, 0.3) is 0 Å². The summed E-state index contributed by atoms with van der Waals surface area (Å²) in [5, 5.41) is 10.2. The summed E-state index contributed by atoms with van der Waals surface area (Å²) in [5.41, 5.74) is 3.17. The average Bonchev–Trinajstić information content (AvgIpc) is 4.16. The predicted molar refractivity (Wildman–Crippen MR) is 251 cm³/mol. The smallest absolute Gasteiger partial charge is 0.410 e. The predicted octanol–water partition coefficient (Wildman–Crippen LogP) is 6.29. The molecule has 0 aliphatic carbocycles. The number of benzene rings is 3. The van der Waals surface area contributed by atoms with Gasteiger partial charge in [0.05, 0.1) is 13.7 Å². The first-order valence-corrected chi connectivity index (χ1v) is 21.8. The van der Waals surface area contributed by atoms with Crippen molar-refractivity contribution in [3.63, 3.8) is 0 Å². The molecule has 6 heterocycles. The van der Waals surface area contributed by atoms with Crippen LogP contribution in [0, 0.1) is 23.7 Å². The Morgan fingerprint density at radius 3 is 2.15 bits per heavy atom. The minimum Gasteiger partial charge on any atom is -0.497 e. The van der Waals surface area contributed by atoms with Crippen LogP contribution in [0.1, 0.15) is 50.8 Å². The number of amides is 1. The Labute approximate surface area is 383 Å².